The lowest BCUT2D eigenvalue weighted by molar-refractivity contribution is -0.0497. The van der Waals surface area contributed by atoms with Gasteiger partial charge in [-0.1, -0.05) is 0 Å². The van der Waals surface area contributed by atoms with Crippen LogP contribution in [0.15, 0.2) is 18.2 Å². The van der Waals surface area contributed by atoms with Gasteiger partial charge in [-0.25, -0.2) is 0 Å². The third kappa shape index (κ3) is 4.10. The molecule has 0 aromatic heterocycles. The lowest BCUT2D eigenvalue weighted by atomic mass is 9.79. The van der Waals surface area contributed by atoms with Crippen LogP contribution >= 0.6 is 12.2 Å². The van der Waals surface area contributed by atoms with Gasteiger partial charge in [-0.15, -0.1) is 0 Å². The van der Waals surface area contributed by atoms with Crippen molar-refractivity contribution in [2.75, 3.05) is 5.32 Å². The fraction of sp³-hybridized carbons (Fsp3) is 0.500. The Bertz CT molecular complexity index is 598. The van der Waals surface area contributed by atoms with Gasteiger partial charge in [0.05, 0.1) is 11.2 Å². The normalized spacial score (nSPS) is 19.0. The number of hydrogen-bond acceptors (Lipinski definition) is 4. The van der Waals surface area contributed by atoms with Gasteiger partial charge in [0.25, 0.3) is 0 Å². The van der Waals surface area contributed by atoms with E-state index >= 15 is 0 Å². The summed E-state index contributed by atoms with van der Waals surface area (Å²) in [6, 6.07) is 4.48. The van der Waals surface area contributed by atoms with E-state index in [1.165, 1.54) is 12.1 Å². The minimum Gasteiger partial charge on any atom is -0.435 e. The van der Waals surface area contributed by atoms with Gasteiger partial charge in [0.2, 0.25) is 0 Å². The highest BCUT2D eigenvalue weighted by Crippen LogP contribution is 2.37. The first-order valence-electron chi connectivity index (χ1n) is 7.02. The van der Waals surface area contributed by atoms with Crippen LogP contribution in [-0.4, -0.2) is 30.0 Å². The second kappa shape index (κ2) is 6.22. The molecule has 126 valence electrons. The van der Waals surface area contributed by atoms with Gasteiger partial charge in [0, 0.05) is 11.8 Å². The maximum absolute atomic E-state index is 12.5. The van der Waals surface area contributed by atoms with Gasteiger partial charge in [0.15, 0.2) is 5.11 Å². The molecule has 0 saturated carbocycles. The molecule has 1 saturated heterocycles. The van der Waals surface area contributed by atoms with Crippen LogP contribution in [0.5, 0.6) is 5.75 Å². The summed E-state index contributed by atoms with van der Waals surface area (Å²) >= 11 is 4.77. The second-order valence-corrected chi connectivity index (χ2v) is 6.69. The van der Waals surface area contributed by atoms with Gasteiger partial charge in [0.1, 0.15) is 5.75 Å². The molecule has 0 spiro atoms. The van der Waals surface area contributed by atoms with E-state index < -0.39 is 24.9 Å². The summed E-state index contributed by atoms with van der Waals surface area (Å²) in [5.74, 6) is -0.0361. The highest BCUT2D eigenvalue weighted by atomic mass is 32.1. The summed E-state index contributed by atoms with van der Waals surface area (Å²) in [4.78, 5) is 0. The quantitative estimate of drug-likeness (QED) is 0.645. The van der Waals surface area contributed by atoms with E-state index in [9.17, 15) is 8.78 Å². The highest BCUT2D eigenvalue weighted by Gasteiger charge is 2.51. The van der Waals surface area contributed by atoms with Crippen molar-refractivity contribution >= 4 is 35.6 Å². The lowest BCUT2D eigenvalue weighted by Crippen LogP contribution is -2.41. The molecule has 1 aliphatic rings. The molecule has 0 unspecified atom stereocenters. The zero-order valence-electron chi connectivity index (χ0n) is 13.4. The van der Waals surface area contributed by atoms with Crippen LogP contribution < -0.4 is 21.3 Å². The van der Waals surface area contributed by atoms with Crippen LogP contribution in [0.1, 0.15) is 27.7 Å². The Hall–Kier alpha value is -1.45. The zero-order valence-corrected chi connectivity index (χ0v) is 14.2. The van der Waals surface area contributed by atoms with Crippen molar-refractivity contribution < 1.29 is 22.8 Å². The number of benzene rings is 1. The van der Waals surface area contributed by atoms with E-state index in [0.717, 1.165) is 0 Å². The van der Waals surface area contributed by atoms with Crippen LogP contribution in [0.2, 0.25) is 0 Å². The second-order valence-electron chi connectivity index (χ2n) is 6.25. The SMILES string of the molecule is CC1(C)OB(c2cc(NC(N)=S)cc(OC(F)F)c2)OC1(C)C. The molecule has 0 bridgehead atoms. The zero-order chi connectivity index (χ0) is 17.4. The minimum absolute atomic E-state index is 0.0130. The molecule has 1 aromatic carbocycles. The Labute approximate surface area is 139 Å². The Kier molecular flexibility index (Phi) is 4.84. The first kappa shape index (κ1) is 17.9. The first-order chi connectivity index (χ1) is 10.5. The number of nitrogens with one attached hydrogen (secondary N) is 1. The molecule has 5 nitrogen and oxygen atoms in total. The fourth-order valence-corrected chi connectivity index (χ4v) is 2.24. The third-order valence-corrected chi connectivity index (χ3v) is 4.05. The summed E-state index contributed by atoms with van der Waals surface area (Å²) < 4.78 is 41.3. The largest absolute Gasteiger partial charge is 0.495 e. The van der Waals surface area contributed by atoms with Gasteiger partial charge < -0.3 is 25.1 Å². The molecule has 1 aliphatic heterocycles. The van der Waals surface area contributed by atoms with Crippen LogP contribution in [0.4, 0.5) is 14.5 Å². The molecule has 1 fully saturated rings. The van der Waals surface area contributed by atoms with Crippen LogP contribution in [0.25, 0.3) is 0 Å². The Balaban J connectivity index is 2.35. The highest BCUT2D eigenvalue weighted by molar-refractivity contribution is 7.80. The van der Waals surface area contributed by atoms with Crippen molar-refractivity contribution in [2.45, 2.75) is 45.5 Å². The summed E-state index contributed by atoms with van der Waals surface area (Å²) in [5, 5.41) is 2.71. The van der Waals surface area contributed by atoms with Gasteiger partial charge >= 0.3 is 13.7 Å². The number of thiocarbonyl (C=S) groups is 1. The summed E-state index contributed by atoms with van der Waals surface area (Å²) in [7, 11) is -0.715. The van der Waals surface area contributed by atoms with E-state index in [-0.39, 0.29) is 10.9 Å². The standard InChI is InChI=1S/C14H19BF2N2O3S/c1-13(2)14(3,4)22-15(21-13)8-5-9(19-12(18)23)7-10(6-8)20-11(16)17/h5-7,11H,1-4H3,(H3,18,19,23). The predicted octanol–water partition coefficient (Wildman–Crippen LogP) is 2.24. The molecule has 1 aromatic rings. The minimum atomic E-state index is -2.94. The molecule has 23 heavy (non-hydrogen) atoms. The number of hydrogen-bond donors (Lipinski definition) is 2. The lowest BCUT2D eigenvalue weighted by Gasteiger charge is -2.32. The fourth-order valence-electron chi connectivity index (χ4n) is 2.12. The van der Waals surface area contributed by atoms with Crippen LogP contribution in [0.3, 0.4) is 0 Å². The number of anilines is 1. The molecule has 1 heterocycles. The maximum Gasteiger partial charge on any atom is 0.495 e. The number of rotatable bonds is 4. The van der Waals surface area contributed by atoms with Crippen molar-refractivity contribution in [1.82, 2.24) is 0 Å². The Morgan fingerprint density at radius 1 is 1.22 bits per heavy atom. The van der Waals surface area contributed by atoms with Crippen molar-refractivity contribution in [2.24, 2.45) is 5.73 Å². The molecular formula is C14H19BF2N2O3S. The number of halogens is 2. The molecule has 3 N–H and O–H groups in total. The number of nitrogens with two attached hydrogens (primary N) is 1. The third-order valence-electron chi connectivity index (χ3n) is 3.95. The Morgan fingerprint density at radius 3 is 2.26 bits per heavy atom. The number of ether oxygens (including phenoxy) is 1. The maximum atomic E-state index is 12.5. The van der Waals surface area contributed by atoms with Gasteiger partial charge in [-0.3, -0.25) is 0 Å². The Morgan fingerprint density at radius 2 is 1.78 bits per heavy atom. The average molecular weight is 344 g/mol. The summed E-state index contributed by atoms with van der Waals surface area (Å²) in [6.07, 6.45) is 0. The molecule has 0 atom stereocenters. The predicted molar refractivity (Wildman–Crippen MR) is 89.2 cm³/mol. The van der Waals surface area contributed by atoms with E-state index in [4.69, 9.17) is 27.3 Å². The topological polar surface area (TPSA) is 65.7 Å². The summed E-state index contributed by atoms with van der Waals surface area (Å²) in [6.45, 7) is 4.67. The van der Waals surface area contributed by atoms with E-state index in [2.05, 4.69) is 10.1 Å². The molecule has 0 radical (unpaired) electrons. The molecule has 0 amide bonds. The van der Waals surface area contributed by atoms with Crippen molar-refractivity contribution in [3.63, 3.8) is 0 Å². The van der Waals surface area contributed by atoms with E-state index in [0.29, 0.717) is 11.2 Å². The van der Waals surface area contributed by atoms with Crippen LogP contribution in [-0.2, 0) is 9.31 Å². The number of alkyl halides is 2. The molecule has 0 aliphatic carbocycles. The summed E-state index contributed by atoms with van der Waals surface area (Å²) in [5.41, 5.74) is 5.28. The van der Waals surface area contributed by atoms with Gasteiger partial charge in [-0.2, -0.15) is 8.78 Å². The van der Waals surface area contributed by atoms with Crippen molar-refractivity contribution in [3.8, 4) is 5.75 Å². The molecular weight excluding hydrogens is 325 g/mol. The smallest absolute Gasteiger partial charge is 0.435 e. The average Bonchev–Trinajstić information content (AvgIpc) is 2.56. The first-order valence-corrected chi connectivity index (χ1v) is 7.43. The van der Waals surface area contributed by atoms with Gasteiger partial charge in [-0.05, 0) is 57.5 Å². The monoisotopic (exact) mass is 344 g/mol. The van der Waals surface area contributed by atoms with Crippen molar-refractivity contribution in [1.29, 1.82) is 0 Å². The van der Waals surface area contributed by atoms with Crippen LogP contribution in [0, 0.1) is 0 Å². The molecule has 9 heteroatoms. The van der Waals surface area contributed by atoms with E-state index in [1.54, 1.807) is 6.07 Å². The van der Waals surface area contributed by atoms with Crippen molar-refractivity contribution in [3.05, 3.63) is 18.2 Å². The van der Waals surface area contributed by atoms with E-state index in [1.807, 2.05) is 27.7 Å². The molecule has 2 rings (SSSR count).